The number of aryl methyl sites for hydroxylation is 1. The smallest absolute Gasteiger partial charge is 0.319 e. The monoisotopic (exact) mass is 332 g/mol. The summed E-state index contributed by atoms with van der Waals surface area (Å²) in [6.07, 6.45) is 5.76. The van der Waals surface area contributed by atoms with E-state index in [4.69, 9.17) is 0 Å². The zero-order valence-corrected chi connectivity index (χ0v) is 14.0. The fourth-order valence-electron chi connectivity index (χ4n) is 2.60. The van der Waals surface area contributed by atoms with Crippen molar-refractivity contribution in [2.45, 2.75) is 19.4 Å². The second-order valence-corrected chi connectivity index (χ2v) is 5.78. The summed E-state index contributed by atoms with van der Waals surface area (Å²) in [6, 6.07) is 17.1. The molecule has 0 aliphatic heterocycles. The molecule has 0 saturated heterocycles. The largest absolute Gasteiger partial charge is 0.331 e. The Bertz CT molecular complexity index is 821. The van der Waals surface area contributed by atoms with Gasteiger partial charge >= 0.3 is 6.03 Å². The number of aromatic nitrogens is 2. The third-order valence-electron chi connectivity index (χ3n) is 3.92. The van der Waals surface area contributed by atoms with Crippen molar-refractivity contribution >= 4 is 11.7 Å². The molecule has 0 radical (unpaired) electrons. The van der Waals surface area contributed by atoms with Crippen molar-refractivity contribution in [3.63, 3.8) is 0 Å². The topological polar surface area (TPSA) is 66.9 Å². The zero-order valence-electron chi connectivity index (χ0n) is 14.0. The summed E-state index contributed by atoms with van der Waals surface area (Å²) in [5, 5.41) is 5.93. The number of hydrogen-bond acceptors (Lipinski definition) is 3. The molecule has 126 valence electrons. The van der Waals surface area contributed by atoms with Crippen LogP contribution in [0.2, 0.25) is 0 Å². The van der Waals surface area contributed by atoms with Crippen LogP contribution in [0.15, 0.2) is 73.2 Å². The van der Waals surface area contributed by atoms with E-state index in [-0.39, 0.29) is 12.1 Å². The van der Waals surface area contributed by atoms with Gasteiger partial charge < -0.3 is 10.6 Å². The average Bonchev–Trinajstić information content (AvgIpc) is 2.65. The van der Waals surface area contributed by atoms with Crippen molar-refractivity contribution in [1.29, 1.82) is 0 Å². The van der Waals surface area contributed by atoms with E-state index in [2.05, 4.69) is 20.6 Å². The Labute approximate surface area is 147 Å². The number of benzene rings is 1. The maximum atomic E-state index is 12.5. The summed E-state index contributed by atoms with van der Waals surface area (Å²) in [6.45, 7) is 1.91. The number of anilines is 1. The van der Waals surface area contributed by atoms with Crippen LogP contribution in [-0.4, -0.2) is 16.0 Å². The molecule has 3 rings (SSSR count). The third kappa shape index (κ3) is 4.64. The molecule has 2 amide bonds. The van der Waals surface area contributed by atoms with Crippen LogP contribution in [0.5, 0.6) is 0 Å². The van der Waals surface area contributed by atoms with Gasteiger partial charge in [-0.05, 0) is 36.2 Å². The van der Waals surface area contributed by atoms with Crippen LogP contribution in [0.25, 0.3) is 0 Å². The summed E-state index contributed by atoms with van der Waals surface area (Å²) in [5.41, 5.74) is 3.63. The van der Waals surface area contributed by atoms with Gasteiger partial charge in [0.05, 0.1) is 6.04 Å². The van der Waals surface area contributed by atoms with Gasteiger partial charge in [-0.15, -0.1) is 0 Å². The maximum Gasteiger partial charge on any atom is 0.319 e. The van der Waals surface area contributed by atoms with Crippen molar-refractivity contribution in [2.24, 2.45) is 0 Å². The molecule has 0 spiro atoms. The number of pyridine rings is 2. The lowest BCUT2D eigenvalue weighted by atomic mass is 10.0. The first kappa shape index (κ1) is 16.6. The SMILES string of the molecule is Cc1cnccc1NC(=O)N[C@H](Cc1ccccn1)c1ccccc1. The summed E-state index contributed by atoms with van der Waals surface area (Å²) < 4.78 is 0. The normalized spacial score (nSPS) is 11.6. The molecule has 0 bridgehead atoms. The molecule has 25 heavy (non-hydrogen) atoms. The number of urea groups is 1. The van der Waals surface area contributed by atoms with E-state index >= 15 is 0 Å². The van der Waals surface area contributed by atoms with Crippen LogP contribution >= 0.6 is 0 Å². The minimum absolute atomic E-state index is 0.168. The molecular weight excluding hydrogens is 312 g/mol. The zero-order chi connectivity index (χ0) is 17.5. The van der Waals surface area contributed by atoms with Crippen LogP contribution in [-0.2, 0) is 6.42 Å². The van der Waals surface area contributed by atoms with Crippen molar-refractivity contribution < 1.29 is 4.79 Å². The molecule has 2 N–H and O–H groups in total. The molecule has 0 unspecified atom stereocenters. The summed E-state index contributed by atoms with van der Waals surface area (Å²) in [4.78, 5) is 20.9. The fourth-order valence-corrected chi connectivity index (χ4v) is 2.60. The van der Waals surface area contributed by atoms with E-state index in [9.17, 15) is 4.79 Å². The van der Waals surface area contributed by atoms with Crippen molar-refractivity contribution in [2.75, 3.05) is 5.32 Å². The summed E-state index contributed by atoms with van der Waals surface area (Å²) in [7, 11) is 0. The van der Waals surface area contributed by atoms with Crippen LogP contribution in [0.4, 0.5) is 10.5 Å². The Morgan fingerprint density at radius 1 is 1.04 bits per heavy atom. The predicted octanol–water partition coefficient (Wildman–Crippen LogP) is 3.89. The first-order valence-electron chi connectivity index (χ1n) is 8.15. The van der Waals surface area contributed by atoms with E-state index in [1.54, 1.807) is 24.7 Å². The number of rotatable bonds is 5. The van der Waals surface area contributed by atoms with Gasteiger partial charge in [0.1, 0.15) is 0 Å². The lowest BCUT2D eigenvalue weighted by Gasteiger charge is -2.20. The van der Waals surface area contributed by atoms with Crippen LogP contribution in [0.1, 0.15) is 22.9 Å². The molecule has 0 aliphatic rings. The minimum Gasteiger partial charge on any atom is -0.331 e. The van der Waals surface area contributed by atoms with Gasteiger partial charge in [0, 0.05) is 36.4 Å². The van der Waals surface area contributed by atoms with Gasteiger partial charge in [-0.1, -0.05) is 36.4 Å². The summed E-state index contributed by atoms with van der Waals surface area (Å²) in [5.74, 6) is 0. The lowest BCUT2D eigenvalue weighted by molar-refractivity contribution is 0.248. The van der Waals surface area contributed by atoms with Gasteiger partial charge in [-0.25, -0.2) is 4.79 Å². The third-order valence-corrected chi connectivity index (χ3v) is 3.92. The first-order valence-corrected chi connectivity index (χ1v) is 8.15. The van der Waals surface area contributed by atoms with E-state index in [0.717, 1.165) is 22.5 Å². The van der Waals surface area contributed by atoms with Crippen molar-refractivity contribution in [3.05, 3.63) is 90.0 Å². The molecule has 3 aromatic rings. The molecular formula is C20H20N4O. The fraction of sp³-hybridized carbons (Fsp3) is 0.150. The number of carbonyl (C=O) groups is 1. The molecule has 2 aromatic heterocycles. The number of nitrogens with one attached hydrogen (secondary N) is 2. The van der Waals surface area contributed by atoms with Crippen LogP contribution < -0.4 is 10.6 Å². The van der Waals surface area contributed by atoms with Gasteiger partial charge in [-0.3, -0.25) is 9.97 Å². The standard InChI is InChI=1S/C20H20N4O/c1-15-14-21-12-10-18(15)23-20(25)24-19(16-7-3-2-4-8-16)13-17-9-5-6-11-22-17/h2-12,14,19H,13H2,1H3,(H2,21,23,24,25)/t19-/m1/s1. The van der Waals surface area contributed by atoms with Gasteiger partial charge in [0.15, 0.2) is 0 Å². The average molecular weight is 332 g/mol. The Kier molecular flexibility index (Phi) is 5.36. The van der Waals surface area contributed by atoms with E-state index in [1.165, 1.54) is 0 Å². The van der Waals surface area contributed by atoms with Crippen molar-refractivity contribution in [3.8, 4) is 0 Å². The van der Waals surface area contributed by atoms with E-state index in [0.29, 0.717) is 6.42 Å². The Balaban J connectivity index is 1.75. The number of nitrogens with zero attached hydrogens (tertiary/aromatic N) is 2. The molecule has 2 heterocycles. The maximum absolute atomic E-state index is 12.5. The molecule has 5 heteroatoms. The molecule has 1 aromatic carbocycles. The lowest BCUT2D eigenvalue weighted by Crippen LogP contribution is -2.34. The Morgan fingerprint density at radius 2 is 1.84 bits per heavy atom. The molecule has 1 atom stereocenters. The van der Waals surface area contributed by atoms with Gasteiger partial charge in [0.2, 0.25) is 0 Å². The second kappa shape index (κ2) is 8.06. The Hall–Kier alpha value is -3.21. The molecule has 0 saturated carbocycles. The first-order chi connectivity index (χ1) is 12.2. The van der Waals surface area contributed by atoms with Crippen molar-refractivity contribution in [1.82, 2.24) is 15.3 Å². The van der Waals surface area contributed by atoms with E-state index in [1.807, 2.05) is 55.5 Å². The summed E-state index contributed by atoms with van der Waals surface area (Å²) >= 11 is 0. The van der Waals surface area contributed by atoms with Gasteiger partial charge in [0.25, 0.3) is 0 Å². The van der Waals surface area contributed by atoms with Gasteiger partial charge in [-0.2, -0.15) is 0 Å². The highest BCUT2D eigenvalue weighted by atomic mass is 16.2. The highest BCUT2D eigenvalue weighted by molar-refractivity contribution is 5.90. The highest BCUT2D eigenvalue weighted by Gasteiger charge is 2.16. The van der Waals surface area contributed by atoms with Crippen LogP contribution in [0.3, 0.4) is 0 Å². The quantitative estimate of drug-likeness (QED) is 0.745. The molecule has 0 aliphatic carbocycles. The van der Waals surface area contributed by atoms with E-state index < -0.39 is 0 Å². The number of carbonyl (C=O) groups excluding carboxylic acids is 1. The second-order valence-electron chi connectivity index (χ2n) is 5.78. The number of hydrogen-bond donors (Lipinski definition) is 2. The minimum atomic E-state index is -0.251. The molecule has 5 nitrogen and oxygen atoms in total. The predicted molar refractivity (Wildman–Crippen MR) is 98.3 cm³/mol. The number of amides is 2. The molecule has 0 fully saturated rings. The Morgan fingerprint density at radius 3 is 2.56 bits per heavy atom. The van der Waals surface area contributed by atoms with Crippen LogP contribution in [0, 0.1) is 6.92 Å². The highest BCUT2D eigenvalue weighted by Crippen LogP contribution is 2.18.